The number of hydrogen-bond acceptors (Lipinski definition) is 7. The van der Waals surface area contributed by atoms with E-state index in [9.17, 15) is 9.59 Å². The molecule has 0 amide bonds. The maximum atomic E-state index is 11.8. The molecule has 20 heavy (non-hydrogen) atoms. The van der Waals surface area contributed by atoms with Gasteiger partial charge in [-0.05, 0) is 25.0 Å². The number of pyridine rings is 1. The summed E-state index contributed by atoms with van der Waals surface area (Å²) in [6, 6.07) is 2.91. The second kappa shape index (κ2) is 8.52. The standard InChI is InChI=1S/C13H15N3O4/c1-3-7-15-19-12(17)10-6-5-9-14-11(10)13(18)20-16-8-4-2/h5-9H,3-4H2,1-2H3. The second-order valence-electron chi connectivity index (χ2n) is 3.55. The molecule has 1 rings (SSSR count). The molecule has 0 atom stereocenters. The number of aromatic nitrogens is 1. The molecule has 1 aromatic heterocycles. The first-order valence-corrected chi connectivity index (χ1v) is 6.12. The van der Waals surface area contributed by atoms with E-state index in [0.717, 1.165) is 0 Å². The van der Waals surface area contributed by atoms with Gasteiger partial charge in [-0.2, -0.15) is 0 Å². The minimum Gasteiger partial charge on any atom is -0.313 e. The van der Waals surface area contributed by atoms with Gasteiger partial charge in [0.1, 0.15) is 0 Å². The molecule has 0 aliphatic carbocycles. The van der Waals surface area contributed by atoms with Crippen LogP contribution in [-0.4, -0.2) is 29.4 Å². The Bertz CT molecular complexity index is 479. The first kappa shape index (κ1) is 15.5. The molecule has 1 aromatic rings. The third-order valence-electron chi connectivity index (χ3n) is 2.01. The van der Waals surface area contributed by atoms with Crippen LogP contribution in [0.3, 0.4) is 0 Å². The average molecular weight is 277 g/mol. The van der Waals surface area contributed by atoms with Crippen LogP contribution in [-0.2, 0) is 9.68 Å². The maximum Gasteiger partial charge on any atom is 0.384 e. The van der Waals surface area contributed by atoms with Gasteiger partial charge in [-0.3, -0.25) is 0 Å². The van der Waals surface area contributed by atoms with Crippen molar-refractivity contribution in [1.29, 1.82) is 0 Å². The second-order valence-corrected chi connectivity index (χ2v) is 3.55. The van der Waals surface area contributed by atoms with Crippen LogP contribution in [0.25, 0.3) is 0 Å². The van der Waals surface area contributed by atoms with E-state index in [2.05, 4.69) is 25.0 Å². The average Bonchev–Trinajstić information content (AvgIpc) is 2.47. The van der Waals surface area contributed by atoms with Crippen molar-refractivity contribution in [3.05, 3.63) is 29.6 Å². The van der Waals surface area contributed by atoms with Crippen molar-refractivity contribution >= 4 is 24.4 Å². The summed E-state index contributed by atoms with van der Waals surface area (Å²) in [7, 11) is 0. The Labute approximate surface area is 116 Å². The van der Waals surface area contributed by atoms with Gasteiger partial charge in [0, 0.05) is 18.6 Å². The van der Waals surface area contributed by atoms with Crippen LogP contribution in [0.2, 0.25) is 0 Å². The molecule has 0 bridgehead atoms. The number of carbonyl (C=O) groups excluding carboxylic acids is 2. The van der Waals surface area contributed by atoms with Crippen LogP contribution in [0.4, 0.5) is 0 Å². The number of oxime groups is 2. The predicted molar refractivity (Wildman–Crippen MR) is 72.6 cm³/mol. The van der Waals surface area contributed by atoms with Crippen LogP contribution in [0.5, 0.6) is 0 Å². The topological polar surface area (TPSA) is 90.2 Å². The summed E-state index contributed by atoms with van der Waals surface area (Å²) in [6.45, 7) is 3.68. The lowest BCUT2D eigenvalue weighted by molar-refractivity contribution is 0.0466. The summed E-state index contributed by atoms with van der Waals surface area (Å²) in [5.41, 5.74) is -0.199. The zero-order chi connectivity index (χ0) is 14.8. The summed E-state index contributed by atoms with van der Waals surface area (Å²) in [5.74, 6) is -1.61. The highest BCUT2D eigenvalue weighted by Gasteiger charge is 2.21. The quantitative estimate of drug-likeness (QED) is 0.451. The van der Waals surface area contributed by atoms with Crippen molar-refractivity contribution in [2.75, 3.05) is 0 Å². The molecule has 0 aliphatic rings. The van der Waals surface area contributed by atoms with Gasteiger partial charge in [-0.15, -0.1) is 0 Å². The molecule has 1 heterocycles. The molecule has 106 valence electrons. The molecular weight excluding hydrogens is 262 g/mol. The third kappa shape index (κ3) is 4.60. The fraction of sp³-hybridized carbons (Fsp3) is 0.308. The molecule has 0 radical (unpaired) electrons. The smallest absolute Gasteiger partial charge is 0.313 e. The zero-order valence-electron chi connectivity index (χ0n) is 11.3. The van der Waals surface area contributed by atoms with Gasteiger partial charge >= 0.3 is 11.9 Å². The Morgan fingerprint density at radius 2 is 1.75 bits per heavy atom. The Hall–Kier alpha value is -2.57. The molecule has 0 saturated carbocycles. The SMILES string of the molecule is CCC=NOC(=O)c1cccnc1C(=O)ON=CCC. The zero-order valence-corrected chi connectivity index (χ0v) is 11.3. The largest absolute Gasteiger partial charge is 0.384 e. The molecule has 0 saturated heterocycles. The highest BCUT2D eigenvalue weighted by molar-refractivity contribution is 6.01. The van der Waals surface area contributed by atoms with Crippen molar-refractivity contribution in [3.8, 4) is 0 Å². The lowest BCUT2D eigenvalue weighted by Gasteiger charge is -2.03. The van der Waals surface area contributed by atoms with Crippen LogP contribution in [0.1, 0.15) is 47.5 Å². The Morgan fingerprint density at radius 1 is 1.15 bits per heavy atom. The fourth-order valence-corrected chi connectivity index (χ4v) is 1.14. The Balaban J connectivity index is 2.87. The number of hydrogen-bond donors (Lipinski definition) is 0. The van der Waals surface area contributed by atoms with Crippen LogP contribution >= 0.6 is 0 Å². The summed E-state index contributed by atoms with van der Waals surface area (Å²) in [6.07, 6.45) is 5.46. The molecule has 0 unspecified atom stereocenters. The molecule has 0 fully saturated rings. The Morgan fingerprint density at radius 3 is 2.35 bits per heavy atom. The van der Waals surface area contributed by atoms with E-state index in [4.69, 9.17) is 0 Å². The van der Waals surface area contributed by atoms with Crippen molar-refractivity contribution < 1.29 is 19.3 Å². The van der Waals surface area contributed by atoms with Crippen molar-refractivity contribution in [2.45, 2.75) is 26.7 Å². The predicted octanol–water partition coefficient (Wildman–Crippen LogP) is 2.19. The van der Waals surface area contributed by atoms with Gasteiger partial charge in [0.15, 0.2) is 5.69 Å². The van der Waals surface area contributed by atoms with Crippen molar-refractivity contribution in [3.63, 3.8) is 0 Å². The molecule has 0 aromatic carbocycles. The van der Waals surface area contributed by atoms with E-state index in [1.54, 1.807) is 0 Å². The van der Waals surface area contributed by atoms with Gasteiger partial charge in [-0.25, -0.2) is 14.6 Å². The van der Waals surface area contributed by atoms with E-state index < -0.39 is 11.9 Å². The van der Waals surface area contributed by atoms with Crippen LogP contribution < -0.4 is 0 Å². The summed E-state index contributed by atoms with van der Waals surface area (Å²) < 4.78 is 0. The molecular formula is C13H15N3O4. The monoisotopic (exact) mass is 277 g/mol. The highest BCUT2D eigenvalue weighted by Crippen LogP contribution is 2.09. The Kier molecular flexibility index (Phi) is 6.60. The lowest BCUT2D eigenvalue weighted by atomic mass is 10.2. The molecule has 0 N–H and O–H groups in total. The van der Waals surface area contributed by atoms with Crippen molar-refractivity contribution in [1.82, 2.24) is 4.98 Å². The van der Waals surface area contributed by atoms with E-state index in [1.807, 2.05) is 13.8 Å². The number of rotatable bonds is 6. The minimum absolute atomic E-state index is 0.0301. The first-order valence-electron chi connectivity index (χ1n) is 6.12. The van der Waals surface area contributed by atoms with Crippen LogP contribution in [0.15, 0.2) is 28.6 Å². The van der Waals surface area contributed by atoms with E-state index in [1.165, 1.54) is 30.8 Å². The third-order valence-corrected chi connectivity index (χ3v) is 2.01. The van der Waals surface area contributed by atoms with Crippen molar-refractivity contribution in [2.24, 2.45) is 10.3 Å². The van der Waals surface area contributed by atoms with E-state index >= 15 is 0 Å². The fourth-order valence-electron chi connectivity index (χ4n) is 1.14. The van der Waals surface area contributed by atoms with Gasteiger partial charge < -0.3 is 9.68 Å². The molecule has 0 aliphatic heterocycles. The van der Waals surface area contributed by atoms with Crippen LogP contribution in [0, 0.1) is 0 Å². The minimum atomic E-state index is -0.832. The van der Waals surface area contributed by atoms with Gasteiger partial charge in [-0.1, -0.05) is 24.2 Å². The number of carbonyl (C=O) groups is 2. The van der Waals surface area contributed by atoms with E-state index in [0.29, 0.717) is 12.8 Å². The maximum absolute atomic E-state index is 11.8. The van der Waals surface area contributed by atoms with E-state index in [-0.39, 0.29) is 11.3 Å². The highest BCUT2D eigenvalue weighted by atomic mass is 16.7. The summed E-state index contributed by atoms with van der Waals surface area (Å²) in [4.78, 5) is 36.5. The van der Waals surface area contributed by atoms with Gasteiger partial charge in [0.25, 0.3) is 0 Å². The summed E-state index contributed by atoms with van der Waals surface area (Å²) >= 11 is 0. The lowest BCUT2D eigenvalue weighted by Crippen LogP contribution is -2.13. The van der Waals surface area contributed by atoms with Gasteiger partial charge in [0.05, 0.1) is 5.56 Å². The molecule has 7 nitrogen and oxygen atoms in total. The molecule has 0 spiro atoms. The first-order chi connectivity index (χ1) is 9.70. The van der Waals surface area contributed by atoms with Gasteiger partial charge in [0.2, 0.25) is 0 Å². The molecule has 7 heteroatoms. The number of nitrogens with zero attached hydrogens (tertiary/aromatic N) is 3. The summed E-state index contributed by atoms with van der Waals surface area (Å²) in [5, 5.41) is 6.90. The normalized spacial score (nSPS) is 10.9.